The van der Waals surface area contributed by atoms with Gasteiger partial charge in [-0.2, -0.15) is 0 Å². The Balaban J connectivity index is 1.07. The molecule has 3 N–H and O–H groups in total. The lowest BCUT2D eigenvalue weighted by atomic mass is 9.99. The molecular weight excluding hydrogens is 600 g/mol. The summed E-state index contributed by atoms with van der Waals surface area (Å²) in [6.07, 6.45) is 11.0. The first kappa shape index (κ1) is 31.7. The number of ether oxygens (including phenoxy) is 1. The summed E-state index contributed by atoms with van der Waals surface area (Å²) in [5.41, 5.74) is 8.59. The quantitative estimate of drug-likeness (QED) is 0.195. The number of hydrogen-bond donors (Lipinski definition) is 3. The highest BCUT2D eigenvalue weighted by molar-refractivity contribution is 5.86. The number of rotatable bonds is 6. The third-order valence-electron chi connectivity index (χ3n) is 10.2. The molecule has 9 heteroatoms. The molecule has 48 heavy (non-hydrogen) atoms. The molecule has 0 bridgehead atoms. The number of aromatic amines is 2. The van der Waals surface area contributed by atoms with E-state index in [0.29, 0.717) is 12.5 Å². The lowest BCUT2D eigenvalue weighted by molar-refractivity contribution is -0.135. The number of carbonyl (C=O) groups is 2. The number of likely N-dealkylation sites (tertiary alicyclic amines) is 1. The van der Waals surface area contributed by atoms with E-state index in [1.54, 1.807) is 0 Å². The largest absolute Gasteiger partial charge is 0.453 e. The van der Waals surface area contributed by atoms with Gasteiger partial charge in [-0.3, -0.25) is 4.79 Å². The molecule has 3 heterocycles. The van der Waals surface area contributed by atoms with Crippen molar-refractivity contribution in [2.45, 2.75) is 89.6 Å². The summed E-state index contributed by atoms with van der Waals surface area (Å²) in [7, 11) is 1.31. The van der Waals surface area contributed by atoms with Gasteiger partial charge in [-0.25, -0.2) is 14.8 Å². The number of alkyl carbamates (subject to hydrolysis) is 1. The molecule has 1 saturated carbocycles. The molecule has 7 rings (SSSR count). The van der Waals surface area contributed by atoms with E-state index in [1.165, 1.54) is 38.4 Å². The normalized spacial score (nSPS) is 18.1. The van der Waals surface area contributed by atoms with E-state index in [1.807, 2.05) is 24.9 Å². The Kier molecular flexibility index (Phi) is 9.07. The van der Waals surface area contributed by atoms with Gasteiger partial charge in [0.25, 0.3) is 0 Å². The minimum Gasteiger partial charge on any atom is -0.453 e. The summed E-state index contributed by atoms with van der Waals surface area (Å²) in [6, 6.07) is 14.0. The summed E-state index contributed by atoms with van der Waals surface area (Å²) in [6.45, 7) is 4.49. The van der Waals surface area contributed by atoms with E-state index in [2.05, 4.69) is 74.6 Å². The molecule has 0 spiro atoms. The molecule has 0 radical (unpaired) electrons. The third kappa shape index (κ3) is 6.49. The summed E-state index contributed by atoms with van der Waals surface area (Å²) in [4.78, 5) is 44.4. The number of hydrogen-bond acceptors (Lipinski definition) is 5. The Labute approximate surface area is 282 Å². The standard InChI is InChI=1S/C39H44N6O3/c1-24(2)34(44-39(47)48-3)38(46)45-21-7-12-33(45)37-41-31-11-6-10-29-22-26(17-20-30(29)35(31)43-37)14-13-25-15-18-27(19-16-25)32-23-40-36(42-32)28-8-4-5-9-28/h15-20,22-24,28,33-34H,4-12,21H2,1-3H3,(H,40,42)(H,41,43)(H,44,47). The van der Waals surface area contributed by atoms with E-state index in [-0.39, 0.29) is 17.9 Å². The lowest BCUT2D eigenvalue weighted by Gasteiger charge is -2.30. The summed E-state index contributed by atoms with van der Waals surface area (Å²) in [5, 5.41) is 2.73. The number of H-pyrrole nitrogens is 2. The van der Waals surface area contributed by atoms with Crippen molar-refractivity contribution >= 4 is 12.0 Å². The molecule has 2 atom stereocenters. The van der Waals surface area contributed by atoms with Crippen LogP contribution in [0.25, 0.3) is 22.5 Å². The van der Waals surface area contributed by atoms with Crippen LogP contribution in [0.15, 0.2) is 48.7 Å². The second-order valence-electron chi connectivity index (χ2n) is 13.7. The SMILES string of the molecule is COC(=O)NC(C(=O)N1CCCC1c1nc2c([nH]1)CCCc1cc(C#Cc3ccc(-c4cnc(C5CCCC5)[nH]4)cc3)ccc1-2)C(C)C. The number of carbonyl (C=O) groups excluding carboxylic acids is 2. The summed E-state index contributed by atoms with van der Waals surface area (Å²) in [5.74, 6) is 9.06. The highest BCUT2D eigenvalue weighted by atomic mass is 16.5. The molecule has 3 aliphatic rings. The van der Waals surface area contributed by atoms with Crippen LogP contribution in [0.4, 0.5) is 4.79 Å². The number of fused-ring (bicyclic) bond motifs is 3. The number of aryl methyl sites for hydroxylation is 2. The van der Waals surface area contributed by atoms with Gasteiger partial charge in [0, 0.05) is 34.8 Å². The maximum absolute atomic E-state index is 13.6. The maximum atomic E-state index is 13.6. The van der Waals surface area contributed by atoms with Gasteiger partial charge in [-0.1, -0.05) is 56.7 Å². The van der Waals surface area contributed by atoms with Crippen LogP contribution in [0.1, 0.15) is 105 Å². The highest BCUT2D eigenvalue weighted by Crippen LogP contribution is 2.37. The number of amides is 2. The van der Waals surface area contributed by atoms with Gasteiger partial charge < -0.3 is 24.9 Å². The third-order valence-corrected chi connectivity index (χ3v) is 10.2. The van der Waals surface area contributed by atoms with Gasteiger partial charge in [0.2, 0.25) is 5.91 Å². The fourth-order valence-corrected chi connectivity index (χ4v) is 7.52. The molecule has 1 aliphatic heterocycles. The number of nitrogens with zero attached hydrogens (tertiary/aromatic N) is 3. The first-order valence-electron chi connectivity index (χ1n) is 17.4. The van der Waals surface area contributed by atoms with Crippen molar-refractivity contribution in [1.82, 2.24) is 30.2 Å². The summed E-state index contributed by atoms with van der Waals surface area (Å²) < 4.78 is 4.78. The van der Waals surface area contributed by atoms with E-state index >= 15 is 0 Å². The van der Waals surface area contributed by atoms with Crippen LogP contribution in [0.3, 0.4) is 0 Å². The lowest BCUT2D eigenvalue weighted by Crippen LogP contribution is -2.51. The monoisotopic (exact) mass is 644 g/mol. The predicted molar refractivity (Wildman–Crippen MR) is 185 cm³/mol. The number of aromatic nitrogens is 4. The van der Waals surface area contributed by atoms with Gasteiger partial charge >= 0.3 is 6.09 Å². The van der Waals surface area contributed by atoms with Gasteiger partial charge in [-0.05, 0) is 86.3 Å². The smallest absolute Gasteiger partial charge is 0.407 e. The second kappa shape index (κ2) is 13.7. The van der Waals surface area contributed by atoms with Crippen molar-refractivity contribution in [3.63, 3.8) is 0 Å². The fraction of sp³-hybridized carbons (Fsp3) is 0.436. The van der Waals surface area contributed by atoms with Crippen molar-refractivity contribution < 1.29 is 14.3 Å². The van der Waals surface area contributed by atoms with Crippen LogP contribution in [-0.2, 0) is 22.4 Å². The molecule has 1 saturated heterocycles. The van der Waals surface area contributed by atoms with Crippen LogP contribution in [0.2, 0.25) is 0 Å². The van der Waals surface area contributed by atoms with Crippen LogP contribution < -0.4 is 5.32 Å². The topological polar surface area (TPSA) is 116 Å². The average Bonchev–Trinajstić information content (AvgIpc) is 3.92. The van der Waals surface area contributed by atoms with Crippen molar-refractivity contribution in [2.75, 3.05) is 13.7 Å². The van der Waals surface area contributed by atoms with Crippen molar-refractivity contribution in [3.8, 4) is 34.4 Å². The first-order valence-corrected chi connectivity index (χ1v) is 17.4. The van der Waals surface area contributed by atoms with Crippen molar-refractivity contribution in [3.05, 3.63) is 82.7 Å². The average molecular weight is 645 g/mol. The zero-order chi connectivity index (χ0) is 33.2. The first-order chi connectivity index (χ1) is 23.4. The van der Waals surface area contributed by atoms with Gasteiger partial charge in [0.05, 0.1) is 30.7 Å². The molecular formula is C39H44N6O3. The fourth-order valence-electron chi connectivity index (χ4n) is 7.52. The molecule has 4 aromatic rings. The Bertz CT molecular complexity index is 1850. The zero-order valence-corrected chi connectivity index (χ0v) is 28.1. The summed E-state index contributed by atoms with van der Waals surface area (Å²) >= 11 is 0. The Morgan fingerprint density at radius 1 is 0.938 bits per heavy atom. The highest BCUT2D eigenvalue weighted by Gasteiger charge is 2.38. The van der Waals surface area contributed by atoms with E-state index in [4.69, 9.17) is 9.72 Å². The number of nitrogens with one attached hydrogen (secondary N) is 3. The van der Waals surface area contributed by atoms with E-state index in [9.17, 15) is 9.59 Å². The van der Waals surface area contributed by atoms with E-state index in [0.717, 1.165) is 83.1 Å². The van der Waals surface area contributed by atoms with Gasteiger partial charge in [0.15, 0.2) is 0 Å². The molecule has 2 fully saturated rings. The second-order valence-corrected chi connectivity index (χ2v) is 13.7. The van der Waals surface area contributed by atoms with Crippen LogP contribution in [0.5, 0.6) is 0 Å². The Morgan fingerprint density at radius 2 is 1.71 bits per heavy atom. The van der Waals surface area contributed by atoms with Gasteiger partial charge in [-0.15, -0.1) is 0 Å². The minimum atomic E-state index is -0.658. The van der Waals surface area contributed by atoms with Crippen LogP contribution in [0, 0.1) is 17.8 Å². The molecule has 2 unspecified atom stereocenters. The molecule has 9 nitrogen and oxygen atoms in total. The molecule has 2 aromatic heterocycles. The molecule has 2 aliphatic carbocycles. The van der Waals surface area contributed by atoms with Gasteiger partial charge in [0.1, 0.15) is 17.7 Å². The molecule has 248 valence electrons. The van der Waals surface area contributed by atoms with E-state index < -0.39 is 12.1 Å². The molecule has 2 amide bonds. The minimum absolute atomic E-state index is 0.0776. The predicted octanol–water partition coefficient (Wildman–Crippen LogP) is 7.06. The zero-order valence-electron chi connectivity index (χ0n) is 28.1. The molecule has 2 aromatic carbocycles. The van der Waals surface area contributed by atoms with Crippen molar-refractivity contribution in [1.29, 1.82) is 0 Å². The number of benzene rings is 2. The Hall–Kier alpha value is -4.84. The van der Waals surface area contributed by atoms with Crippen LogP contribution >= 0.6 is 0 Å². The number of methoxy groups -OCH3 is 1. The Morgan fingerprint density at radius 3 is 2.48 bits per heavy atom. The maximum Gasteiger partial charge on any atom is 0.407 e. The number of imidazole rings is 2. The van der Waals surface area contributed by atoms with Crippen molar-refractivity contribution in [2.24, 2.45) is 5.92 Å². The van der Waals surface area contributed by atoms with Crippen LogP contribution in [-0.4, -0.2) is 56.5 Å².